The first kappa shape index (κ1) is 22.3. The Morgan fingerprint density at radius 1 is 1.16 bits per heavy atom. The monoisotopic (exact) mass is 433 g/mol. The molecule has 1 atom stereocenters. The van der Waals surface area contributed by atoms with Gasteiger partial charge in [0, 0.05) is 0 Å². The van der Waals surface area contributed by atoms with E-state index in [1.54, 1.807) is 27.7 Å². The maximum absolute atomic E-state index is 14.4. The molecule has 0 aliphatic rings. The minimum absolute atomic E-state index is 0.0579. The highest BCUT2D eigenvalue weighted by molar-refractivity contribution is 5.79. The molecule has 31 heavy (non-hydrogen) atoms. The van der Waals surface area contributed by atoms with E-state index in [0.29, 0.717) is 0 Å². The van der Waals surface area contributed by atoms with E-state index in [2.05, 4.69) is 10.3 Å². The first-order valence-electron chi connectivity index (χ1n) is 9.68. The van der Waals surface area contributed by atoms with E-state index in [1.807, 2.05) is 0 Å². The van der Waals surface area contributed by atoms with E-state index in [4.69, 9.17) is 4.74 Å². The summed E-state index contributed by atoms with van der Waals surface area (Å²) in [4.78, 5) is 29.7. The number of carbonyl (C=O) groups excluding carboxylic acids is 1. The molecule has 0 saturated carbocycles. The van der Waals surface area contributed by atoms with Crippen LogP contribution in [-0.4, -0.2) is 21.2 Å². The second-order valence-electron chi connectivity index (χ2n) is 7.95. The summed E-state index contributed by atoms with van der Waals surface area (Å²) in [6, 6.07) is 5.83. The van der Waals surface area contributed by atoms with Gasteiger partial charge in [-0.05, 0) is 57.5 Å². The van der Waals surface area contributed by atoms with Crippen LogP contribution >= 0.6 is 0 Å². The second kappa shape index (κ2) is 8.41. The summed E-state index contributed by atoms with van der Waals surface area (Å²) < 4.78 is 49.0. The predicted octanol–water partition coefficient (Wildman–Crippen LogP) is 4.78. The first-order valence-corrected chi connectivity index (χ1v) is 9.68. The number of aromatic nitrogens is 2. The van der Waals surface area contributed by atoms with Gasteiger partial charge in [-0.2, -0.15) is 0 Å². The van der Waals surface area contributed by atoms with Gasteiger partial charge in [0.2, 0.25) is 0 Å². The third-order valence-corrected chi connectivity index (χ3v) is 4.43. The van der Waals surface area contributed by atoms with Crippen molar-refractivity contribution in [3.8, 4) is 5.69 Å². The number of nitrogens with zero attached hydrogens (tertiary/aromatic N) is 2. The van der Waals surface area contributed by atoms with Crippen LogP contribution in [0.3, 0.4) is 0 Å². The standard InChI is InChI=1S/C22H22F3N3O3/c1-5-16(26-21(30)31-22(2,3)4)19-27-18-15(25)10-9-14(24)17(18)20(29)28(19)13-8-6-7-12(23)11-13/h6-11,16H,5H2,1-4H3,(H,26,30)/t16-/m0/s1. The van der Waals surface area contributed by atoms with Gasteiger partial charge in [-0.1, -0.05) is 13.0 Å². The Hall–Kier alpha value is -3.36. The van der Waals surface area contributed by atoms with Gasteiger partial charge in [0.05, 0.1) is 11.7 Å². The van der Waals surface area contributed by atoms with Gasteiger partial charge < -0.3 is 10.1 Å². The molecule has 0 aliphatic carbocycles. The van der Waals surface area contributed by atoms with Crippen LogP contribution in [0, 0.1) is 17.5 Å². The molecule has 1 amide bonds. The van der Waals surface area contributed by atoms with Gasteiger partial charge in [-0.25, -0.2) is 22.9 Å². The minimum Gasteiger partial charge on any atom is -0.444 e. The quantitative estimate of drug-likeness (QED) is 0.643. The zero-order valence-corrected chi connectivity index (χ0v) is 17.5. The fourth-order valence-corrected chi connectivity index (χ4v) is 3.13. The smallest absolute Gasteiger partial charge is 0.408 e. The highest BCUT2D eigenvalue weighted by Crippen LogP contribution is 2.24. The minimum atomic E-state index is -0.959. The molecular weight excluding hydrogens is 411 g/mol. The zero-order chi connectivity index (χ0) is 22.9. The number of carbonyl (C=O) groups is 1. The number of hydrogen-bond donors (Lipinski definition) is 1. The molecule has 0 unspecified atom stereocenters. The van der Waals surface area contributed by atoms with Crippen molar-refractivity contribution in [2.75, 3.05) is 0 Å². The van der Waals surface area contributed by atoms with Crippen molar-refractivity contribution >= 4 is 17.0 Å². The molecule has 0 saturated heterocycles. The molecule has 0 fully saturated rings. The first-order chi connectivity index (χ1) is 14.5. The zero-order valence-electron chi connectivity index (χ0n) is 17.5. The van der Waals surface area contributed by atoms with Crippen molar-refractivity contribution in [3.63, 3.8) is 0 Å². The van der Waals surface area contributed by atoms with Crippen molar-refractivity contribution in [1.29, 1.82) is 0 Å². The van der Waals surface area contributed by atoms with Crippen molar-refractivity contribution in [3.05, 3.63) is 70.0 Å². The van der Waals surface area contributed by atoms with Crippen LogP contribution in [0.25, 0.3) is 16.6 Å². The lowest BCUT2D eigenvalue weighted by Gasteiger charge is -2.24. The number of halogens is 3. The number of alkyl carbamates (subject to hydrolysis) is 1. The Morgan fingerprint density at radius 2 is 1.84 bits per heavy atom. The number of hydrogen-bond acceptors (Lipinski definition) is 4. The molecule has 0 aliphatic heterocycles. The van der Waals surface area contributed by atoms with Crippen molar-refractivity contribution < 1.29 is 22.7 Å². The molecule has 164 valence electrons. The summed E-state index contributed by atoms with van der Waals surface area (Å²) in [7, 11) is 0. The Balaban J connectivity index is 2.27. The van der Waals surface area contributed by atoms with Crippen LogP contribution in [0.1, 0.15) is 46.0 Å². The summed E-state index contributed by atoms with van der Waals surface area (Å²) in [5.41, 5.74) is -2.12. The van der Waals surface area contributed by atoms with Gasteiger partial charge >= 0.3 is 6.09 Å². The molecule has 0 radical (unpaired) electrons. The lowest BCUT2D eigenvalue weighted by molar-refractivity contribution is 0.0499. The number of fused-ring (bicyclic) bond motifs is 1. The summed E-state index contributed by atoms with van der Waals surface area (Å²) >= 11 is 0. The Morgan fingerprint density at radius 3 is 2.45 bits per heavy atom. The van der Waals surface area contributed by atoms with Crippen LogP contribution in [0.2, 0.25) is 0 Å². The summed E-state index contributed by atoms with van der Waals surface area (Å²) in [6.45, 7) is 6.75. The number of ether oxygens (including phenoxy) is 1. The Labute approximate surface area is 176 Å². The molecule has 9 heteroatoms. The Bertz CT molecular complexity index is 1200. The SMILES string of the molecule is CC[C@H](NC(=O)OC(C)(C)C)c1nc2c(F)ccc(F)c2c(=O)n1-c1cccc(F)c1. The molecule has 1 N–H and O–H groups in total. The van der Waals surface area contributed by atoms with Crippen LogP contribution in [0.15, 0.2) is 41.2 Å². The highest BCUT2D eigenvalue weighted by atomic mass is 19.1. The summed E-state index contributed by atoms with van der Waals surface area (Å²) in [6.07, 6.45) is -0.539. The van der Waals surface area contributed by atoms with Crippen LogP contribution in [0.5, 0.6) is 0 Å². The largest absolute Gasteiger partial charge is 0.444 e. The van der Waals surface area contributed by atoms with Crippen molar-refractivity contribution in [1.82, 2.24) is 14.9 Å². The van der Waals surface area contributed by atoms with Gasteiger partial charge in [0.15, 0.2) is 0 Å². The summed E-state index contributed by atoms with van der Waals surface area (Å²) in [5.74, 6) is -2.57. The number of amides is 1. The van der Waals surface area contributed by atoms with Crippen molar-refractivity contribution in [2.24, 2.45) is 0 Å². The number of nitrogens with one attached hydrogen (secondary N) is 1. The molecule has 3 rings (SSSR count). The number of benzene rings is 2. The normalized spacial score (nSPS) is 12.6. The van der Waals surface area contributed by atoms with Gasteiger partial charge in [-0.3, -0.25) is 9.36 Å². The van der Waals surface area contributed by atoms with Gasteiger partial charge in [0.1, 0.15) is 39.8 Å². The van der Waals surface area contributed by atoms with E-state index in [0.717, 1.165) is 22.8 Å². The molecule has 2 aromatic carbocycles. The van der Waals surface area contributed by atoms with Crippen LogP contribution in [-0.2, 0) is 4.74 Å². The lowest BCUT2D eigenvalue weighted by Crippen LogP contribution is -2.38. The fraction of sp³-hybridized carbons (Fsp3) is 0.318. The molecule has 6 nitrogen and oxygen atoms in total. The lowest BCUT2D eigenvalue weighted by atomic mass is 10.1. The van der Waals surface area contributed by atoms with E-state index < -0.39 is 51.6 Å². The third-order valence-electron chi connectivity index (χ3n) is 4.43. The fourth-order valence-electron chi connectivity index (χ4n) is 3.13. The van der Waals surface area contributed by atoms with E-state index in [1.165, 1.54) is 18.2 Å². The average molecular weight is 433 g/mol. The maximum Gasteiger partial charge on any atom is 0.408 e. The molecule has 1 aromatic heterocycles. The van der Waals surface area contributed by atoms with E-state index >= 15 is 0 Å². The van der Waals surface area contributed by atoms with Gasteiger partial charge in [-0.15, -0.1) is 0 Å². The second-order valence-corrected chi connectivity index (χ2v) is 7.95. The molecule has 0 bridgehead atoms. The number of rotatable bonds is 4. The maximum atomic E-state index is 14.4. The van der Waals surface area contributed by atoms with Crippen LogP contribution in [0.4, 0.5) is 18.0 Å². The molecule has 1 heterocycles. The van der Waals surface area contributed by atoms with Gasteiger partial charge in [0.25, 0.3) is 5.56 Å². The topological polar surface area (TPSA) is 73.2 Å². The van der Waals surface area contributed by atoms with E-state index in [9.17, 15) is 22.8 Å². The molecule has 3 aromatic rings. The van der Waals surface area contributed by atoms with Crippen LogP contribution < -0.4 is 10.9 Å². The molecular formula is C22H22F3N3O3. The molecule has 0 spiro atoms. The summed E-state index contributed by atoms with van der Waals surface area (Å²) in [5, 5.41) is 2.03. The Kier molecular flexibility index (Phi) is 6.06. The average Bonchev–Trinajstić information content (AvgIpc) is 2.67. The highest BCUT2D eigenvalue weighted by Gasteiger charge is 2.26. The predicted molar refractivity (Wildman–Crippen MR) is 110 cm³/mol. The third kappa shape index (κ3) is 4.70. The van der Waals surface area contributed by atoms with E-state index in [-0.39, 0.29) is 17.9 Å². The van der Waals surface area contributed by atoms with Crippen molar-refractivity contribution in [2.45, 2.75) is 45.8 Å².